The van der Waals surface area contributed by atoms with Crippen molar-refractivity contribution in [1.29, 1.82) is 0 Å². The number of pyridine rings is 1. The molecule has 108 valence electrons. The number of ether oxygens (including phenoxy) is 1. The van der Waals surface area contributed by atoms with E-state index in [-0.39, 0.29) is 6.61 Å². The molecule has 1 aromatic heterocycles. The summed E-state index contributed by atoms with van der Waals surface area (Å²) in [6.45, 7) is 5.11. The Hall–Kier alpha value is -1.09. The van der Waals surface area contributed by atoms with Crippen LogP contribution in [-0.4, -0.2) is 16.7 Å². The van der Waals surface area contributed by atoms with Crippen LogP contribution in [0.2, 0.25) is 0 Å². The van der Waals surface area contributed by atoms with Gasteiger partial charge in [0.15, 0.2) is 0 Å². The van der Waals surface area contributed by atoms with Crippen molar-refractivity contribution in [3.63, 3.8) is 0 Å². The fourth-order valence-corrected chi connectivity index (χ4v) is 2.05. The molecular weight excluding hydrogens is 238 g/mol. The fraction of sp³-hybridized carbons (Fsp3) is 0.688. The van der Waals surface area contributed by atoms with Gasteiger partial charge in [-0.3, -0.25) is 0 Å². The Kier molecular flexibility index (Phi) is 8.23. The number of aliphatic hydroxyl groups excluding tert-OH is 1. The van der Waals surface area contributed by atoms with Crippen LogP contribution in [0.1, 0.15) is 63.6 Å². The second-order valence-corrected chi connectivity index (χ2v) is 4.98. The highest BCUT2D eigenvalue weighted by Crippen LogP contribution is 2.15. The van der Waals surface area contributed by atoms with Crippen molar-refractivity contribution >= 4 is 0 Å². The molecule has 0 bridgehead atoms. The topological polar surface area (TPSA) is 42.4 Å². The first kappa shape index (κ1) is 16.0. The first-order chi connectivity index (χ1) is 9.30. The Balaban J connectivity index is 2.41. The summed E-state index contributed by atoms with van der Waals surface area (Å²) >= 11 is 0. The number of hydrogen-bond donors (Lipinski definition) is 1. The first-order valence-corrected chi connectivity index (χ1v) is 7.53. The van der Waals surface area contributed by atoms with Crippen LogP contribution in [0.5, 0.6) is 5.88 Å². The van der Waals surface area contributed by atoms with Crippen molar-refractivity contribution in [2.24, 2.45) is 0 Å². The summed E-state index contributed by atoms with van der Waals surface area (Å²) in [6.07, 6.45) is 8.13. The standard InChI is InChI=1S/C16H27NO2/c1-3-5-6-7-8-10-19-16-12-14(13-18)11-15(17-16)9-4-2/h11-12,18H,3-10,13H2,1-2H3. The van der Waals surface area contributed by atoms with Crippen molar-refractivity contribution < 1.29 is 9.84 Å². The largest absolute Gasteiger partial charge is 0.478 e. The molecule has 0 fully saturated rings. The predicted octanol–water partition coefficient (Wildman–Crippen LogP) is 3.88. The summed E-state index contributed by atoms with van der Waals surface area (Å²) in [5.74, 6) is 0.658. The third-order valence-corrected chi connectivity index (χ3v) is 3.10. The lowest BCUT2D eigenvalue weighted by molar-refractivity contribution is 0.274. The summed E-state index contributed by atoms with van der Waals surface area (Å²) in [6, 6.07) is 3.79. The van der Waals surface area contributed by atoms with Gasteiger partial charge in [-0.2, -0.15) is 0 Å². The van der Waals surface area contributed by atoms with E-state index in [0.29, 0.717) is 5.88 Å². The summed E-state index contributed by atoms with van der Waals surface area (Å²) < 4.78 is 5.69. The highest BCUT2D eigenvalue weighted by atomic mass is 16.5. The Morgan fingerprint density at radius 3 is 2.53 bits per heavy atom. The average Bonchev–Trinajstić information content (AvgIpc) is 2.43. The monoisotopic (exact) mass is 265 g/mol. The molecule has 1 heterocycles. The van der Waals surface area contributed by atoms with Crippen molar-refractivity contribution in [3.8, 4) is 5.88 Å². The minimum absolute atomic E-state index is 0.0477. The van der Waals surface area contributed by atoms with Gasteiger partial charge in [0.2, 0.25) is 5.88 Å². The van der Waals surface area contributed by atoms with E-state index < -0.39 is 0 Å². The molecule has 3 heteroatoms. The summed E-state index contributed by atoms with van der Waals surface area (Å²) in [4.78, 5) is 4.47. The van der Waals surface area contributed by atoms with Crippen LogP contribution in [0.4, 0.5) is 0 Å². The lowest BCUT2D eigenvalue weighted by Crippen LogP contribution is -2.02. The van der Waals surface area contributed by atoms with Crippen LogP contribution in [0.25, 0.3) is 0 Å². The van der Waals surface area contributed by atoms with Gasteiger partial charge in [0.25, 0.3) is 0 Å². The minimum atomic E-state index is 0.0477. The molecular formula is C16H27NO2. The molecule has 19 heavy (non-hydrogen) atoms. The smallest absolute Gasteiger partial charge is 0.213 e. The van der Waals surface area contributed by atoms with Gasteiger partial charge in [0, 0.05) is 11.8 Å². The predicted molar refractivity (Wildman–Crippen MR) is 78.4 cm³/mol. The van der Waals surface area contributed by atoms with Gasteiger partial charge in [-0.15, -0.1) is 0 Å². The van der Waals surface area contributed by atoms with Crippen LogP contribution in [0.3, 0.4) is 0 Å². The molecule has 0 saturated carbocycles. The Morgan fingerprint density at radius 1 is 1.05 bits per heavy atom. The Bertz CT molecular complexity index is 353. The zero-order valence-corrected chi connectivity index (χ0v) is 12.3. The lowest BCUT2D eigenvalue weighted by atomic mass is 10.1. The maximum atomic E-state index is 9.24. The number of aryl methyl sites for hydroxylation is 1. The quantitative estimate of drug-likeness (QED) is 0.653. The summed E-state index contributed by atoms with van der Waals surface area (Å²) in [5, 5.41) is 9.24. The van der Waals surface area contributed by atoms with Gasteiger partial charge in [-0.25, -0.2) is 4.98 Å². The summed E-state index contributed by atoms with van der Waals surface area (Å²) in [5.41, 5.74) is 1.90. The van der Waals surface area contributed by atoms with Gasteiger partial charge in [0.05, 0.1) is 13.2 Å². The molecule has 3 nitrogen and oxygen atoms in total. The number of nitrogens with zero attached hydrogens (tertiary/aromatic N) is 1. The van der Waals surface area contributed by atoms with Crippen LogP contribution >= 0.6 is 0 Å². The molecule has 0 aliphatic rings. The van der Waals surface area contributed by atoms with Gasteiger partial charge < -0.3 is 9.84 Å². The molecule has 0 radical (unpaired) electrons. The van der Waals surface area contributed by atoms with E-state index in [2.05, 4.69) is 18.8 Å². The highest BCUT2D eigenvalue weighted by Gasteiger charge is 2.03. The first-order valence-electron chi connectivity index (χ1n) is 7.53. The van der Waals surface area contributed by atoms with E-state index in [9.17, 15) is 5.11 Å². The third-order valence-electron chi connectivity index (χ3n) is 3.10. The van der Waals surface area contributed by atoms with Gasteiger partial charge >= 0.3 is 0 Å². The number of hydrogen-bond acceptors (Lipinski definition) is 3. The van der Waals surface area contributed by atoms with Crippen molar-refractivity contribution in [3.05, 3.63) is 23.4 Å². The van der Waals surface area contributed by atoms with Gasteiger partial charge in [-0.05, 0) is 24.5 Å². The van der Waals surface area contributed by atoms with Crippen molar-refractivity contribution in [2.45, 2.75) is 65.4 Å². The maximum Gasteiger partial charge on any atom is 0.213 e. The van der Waals surface area contributed by atoms with E-state index >= 15 is 0 Å². The van der Waals surface area contributed by atoms with Gasteiger partial charge in [-0.1, -0.05) is 46.0 Å². The van der Waals surface area contributed by atoms with Crippen LogP contribution in [0.15, 0.2) is 12.1 Å². The maximum absolute atomic E-state index is 9.24. The summed E-state index contributed by atoms with van der Waals surface area (Å²) in [7, 11) is 0. The molecule has 0 unspecified atom stereocenters. The second kappa shape index (κ2) is 9.79. The van der Waals surface area contributed by atoms with Crippen LogP contribution in [0, 0.1) is 0 Å². The van der Waals surface area contributed by atoms with Crippen molar-refractivity contribution in [2.75, 3.05) is 6.61 Å². The molecule has 0 aromatic carbocycles. The number of rotatable bonds is 10. The van der Waals surface area contributed by atoms with Crippen LogP contribution in [-0.2, 0) is 13.0 Å². The third kappa shape index (κ3) is 6.58. The molecule has 0 aliphatic heterocycles. The van der Waals surface area contributed by atoms with Gasteiger partial charge in [0.1, 0.15) is 0 Å². The molecule has 0 saturated heterocycles. The van der Waals surface area contributed by atoms with E-state index in [0.717, 1.165) is 37.1 Å². The SMILES string of the molecule is CCCCCCCOc1cc(CO)cc(CCC)n1. The van der Waals surface area contributed by atoms with Crippen LogP contribution < -0.4 is 4.74 Å². The fourth-order valence-electron chi connectivity index (χ4n) is 2.05. The van der Waals surface area contributed by atoms with E-state index in [1.165, 1.54) is 25.7 Å². The Morgan fingerprint density at radius 2 is 1.84 bits per heavy atom. The van der Waals surface area contributed by atoms with E-state index in [4.69, 9.17) is 4.74 Å². The minimum Gasteiger partial charge on any atom is -0.478 e. The molecule has 1 aromatic rings. The number of aromatic nitrogens is 1. The second-order valence-electron chi connectivity index (χ2n) is 4.98. The van der Waals surface area contributed by atoms with Crippen molar-refractivity contribution in [1.82, 2.24) is 4.98 Å². The number of aliphatic hydroxyl groups is 1. The molecule has 1 N–H and O–H groups in total. The zero-order valence-electron chi connectivity index (χ0n) is 12.3. The normalized spacial score (nSPS) is 10.7. The molecule has 0 spiro atoms. The van der Waals surface area contributed by atoms with E-state index in [1.54, 1.807) is 0 Å². The highest BCUT2D eigenvalue weighted by molar-refractivity contribution is 5.24. The average molecular weight is 265 g/mol. The van der Waals surface area contributed by atoms with E-state index in [1.807, 2.05) is 12.1 Å². The molecule has 0 amide bonds. The molecule has 1 rings (SSSR count). The molecule has 0 atom stereocenters. The molecule has 0 aliphatic carbocycles. The lowest BCUT2D eigenvalue weighted by Gasteiger charge is -2.09. The zero-order chi connectivity index (χ0) is 13.9. The Labute approximate surface area is 117 Å². The number of unbranched alkanes of at least 4 members (excludes halogenated alkanes) is 4.